The summed E-state index contributed by atoms with van der Waals surface area (Å²) >= 11 is 0. The molecule has 0 heterocycles. The maximum absolute atomic E-state index is 11.2. The van der Waals surface area contributed by atoms with Gasteiger partial charge in [-0.3, -0.25) is 9.59 Å². The van der Waals surface area contributed by atoms with E-state index in [1.54, 1.807) is 7.05 Å². The molecule has 0 radical (unpaired) electrons. The SMILES string of the molecule is CCCC.CCCC(C)C(C)c1ccc(OC(C=O)CCC(=O)NC)cc1. The first kappa shape index (κ1) is 25.2. The van der Waals surface area contributed by atoms with E-state index < -0.39 is 6.10 Å². The number of carbonyl (C=O) groups is 2. The molecule has 1 aromatic rings. The van der Waals surface area contributed by atoms with Crippen LogP contribution in [0.15, 0.2) is 24.3 Å². The molecule has 0 saturated carbocycles. The Labute approximate surface area is 166 Å². The van der Waals surface area contributed by atoms with Gasteiger partial charge in [0.2, 0.25) is 5.91 Å². The maximum atomic E-state index is 11.2. The number of rotatable bonds is 11. The molecule has 154 valence electrons. The highest BCUT2D eigenvalue weighted by Crippen LogP contribution is 2.28. The van der Waals surface area contributed by atoms with Gasteiger partial charge in [-0.05, 0) is 36.0 Å². The van der Waals surface area contributed by atoms with E-state index >= 15 is 0 Å². The largest absolute Gasteiger partial charge is 0.483 e. The lowest BCUT2D eigenvalue weighted by molar-refractivity contribution is -0.121. The molecular formula is C23H39NO3. The molecule has 0 aromatic heterocycles. The summed E-state index contributed by atoms with van der Waals surface area (Å²) in [5.41, 5.74) is 1.28. The van der Waals surface area contributed by atoms with Crippen LogP contribution in [0.5, 0.6) is 5.75 Å². The standard InChI is InChI=1S/C19H29NO3.C4H10/c1-5-6-14(2)15(3)16-7-9-17(10-8-16)23-18(13-21)11-12-19(22)20-4;1-3-4-2/h7-10,13-15,18H,5-6,11-12H2,1-4H3,(H,20,22);3-4H2,1-2H3. The van der Waals surface area contributed by atoms with Crippen molar-refractivity contribution < 1.29 is 14.3 Å². The Hall–Kier alpha value is -1.84. The highest BCUT2D eigenvalue weighted by atomic mass is 16.5. The number of hydrogen-bond acceptors (Lipinski definition) is 3. The van der Waals surface area contributed by atoms with Crippen molar-refractivity contribution in [3.8, 4) is 5.75 Å². The van der Waals surface area contributed by atoms with Crippen LogP contribution in [0.4, 0.5) is 0 Å². The lowest BCUT2D eigenvalue weighted by Crippen LogP contribution is -2.23. The normalized spacial score (nSPS) is 13.6. The van der Waals surface area contributed by atoms with E-state index in [1.807, 2.05) is 12.1 Å². The number of hydrogen-bond donors (Lipinski definition) is 1. The van der Waals surface area contributed by atoms with Crippen LogP contribution in [-0.4, -0.2) is 25.3 Å². The van der Waals surface area contributed by atoms with Crippen LogP contribution in [0.2, 0.25) is 0 Å². The van der Waals surface area contributed by atoms with Gasteiger partial charge >= 0.3 is 0 Å². The first-order chi connectivity index (χ1) is 12.9. The molecule has 3 atom stereocenters. The summed E-state index contributed by atoms with van der Waals surface area (Å²) < 4.78 is 5.65. The zero-order chi connectivity index (χ0) is 20.7. The van der Waals surface area contributed by atoms with Gasteiger partial charge < -0.3 is 10.1 Å². The van der Waals surface area contributed by atoms with E-state index in [2.05, 4.69) is 52.1 Å². The van der Waals surface area contributed by atoms with Crippen LogP contribution >= 0.6 is 0 Å². The third-order valence-electron chi connectivity index (χ3n) is 4.88. The third kappa shape index (κ3) is 10.8. The van der Waals surface area contributed by atoms with Crippen LogP contribution in [0, 0.1) is 5.92 Å². The maximum Gasteiger partial charge on any atom is 0.219 e. The zero-order valence-electron chi connectivity index (χ0n) is 18.1. The van der Waals surface area contributed by atoms with Crippen molar-refractivity contribution in [2.24, 2.45) is 5.92 Å². The second-order valence-electron chi connectivity index (χ2n) is 7.13. The Morgan fingerprint density at radius 3 is 2.07 bits per heavy atom. The van der Waals surface area contributed by atoms with Crippen molar-refractivity contribution in [3.05, 3.63) is 29.8 Å². The van der Waals surface area contributed by atoms with Crippen LogP contribution < -0.4 is 10.1 Å². The van der Waals surface area contributed by atoms with E-state index in [-0.39, 0.29) is 12.3 Å². The number of ether oxygens (including phenoxy) is 1. The Morgan fingerprint density at radius 1 is 1.04 bits per heavy atom. The second kappa shape index (κ2) is 15.2. The van der Waals surface area contributed by atoms with Crippen molar-refractivity contribution in [1.82, 2.24) is 5.32 Å². The zero-order valence-corrected chi connectivity index (χ0v) is 18.1. The summed E-state index contributed by atoms with van der Waals surface area (Å²) in [4.78, 5) is 22.3. The Kier molecular flexibility index (Phi) is 14.2. The van der Waals surface area contributed by atoms with E-state index in [0.717, 1.165) is 6.29 Å². The molecule has 0 fully saturated rings. The highest BCUT2D eigenvalue weighted by Gasteiger charge is 2.15. The van der Waals surface area contributed by atoms with Crippen molar-refractivity contribution in [1.29, 1.82) is 0 Å². The fraction of sp³-hybridized carbons (Fsp3) is 0.652. The molecule has 0 aliphatic carbocycles. The topological polar surface area (TPSA) is 55.4 Å². The Morgan fingerprint density at radius 2 is 1.63 bits per heavy atom. The molecule has 27 heavy (non-hydrogen) atoms. The molecule has 0 saturated heterocycles. The van der Waals surface area contributed by atoms with Crippen LogP contribution in [0.1, 0.15) is 84.6 Å². The van der Waals surface area contributed by atoms with Gasteiger partial charge in [0.1, 0.15) is 5.75 Å². The first-order valence-electron chi connectivity index (χ1n) is 10.4. The molecule has 1 N–H and O–H groups in total. The highest BCUT2D eigenvalue weighted by molar-refractivity contribution is 5.76. The molecule has 4 nitrogen and oxygen atoms in total. The fourth-order valence-electron chi connectivity index (χ4n) is 2.61. The van der Waals surface area contributed by atoms with Crippen LogP contribution in [0.25, 0.3) is 0 Å². The number of unbranched alkanes of at least 4 members (excludes halogenated alkanes) is 1. The smallest absolute Gasteiger partial charge is 0.219 e. The van der Waals surface area contributed by atoms with E-state index in [4.69, 9.17) is 4.74 Å². The van der Waals surface area contributed by atoms with Gasteiger partial charge in [-0.1, -0.05) is 72.4 Å². The molecule has 0 spiro atoms. The van der Waals surface area contributed by atoms with Gasteiger partial charge in [-0.15, -0.1) is 0 Å². The summed E-state index contributed by atoms with van der Waals surface area (Å²) in [5.74, 6) is 1.72. The van der Waals surface area contributed by atoms with Crippen LogP contribution in [0.3, 0.4) is 0 Å². The minimum atomic E-state index is -0.588. The molecule has 4 heteroatoms. The summed E-state index contributed by atoms with van der Waals surface area (Å²) in [6.45, 7) is 11.1. The molecule has 1 aromatic carbocycles. The fourth-order valence-corrected chi connectivity index (χ4v) is 2.61. The van der Waals surface area contributed by atoms with E-state index in [9.17, 15) is 9.59 Å². The number of nitrogens with one attached hydrogen (secondary N) is 1. The number of benzene rings is 1. The Bertz CT molecular complexity index is 511. The van der Waals surface area contributed by atoms with Crippen molar-refractivity contribution in [3.63, 3.8) is 0 Å². The molecule has 0 aliphatic rings. The number of aldehydes is 1. The summed E-state index contributed by atoms with van der Waals surface area (Å²) in [6.07, 6.45) is 5.88. The molecule has 0 aliphatic heterocycles. The summed E-state index contributed by atoms with van der Waals surface area (Å²) in [6, 6.07) is 7.93. The monoisotopic (exact) mass is 377 g/mol. The average Bonchev–Trinajstić information content (AvgIpc) is 2.70. The lowest BCUT2D eigenvalue weighted by Gasteiger charge is -2.20. The minimum absolute atomic E-state index is 0.0884. The van der Waals surface area contributed by atoms with Crippen molar-refractivity contribution >= 4 is 12.2 Å². The summed E-state index contributed by atoms with van der Waals surface area (Å²) in [5, 5.41) is 2.54. The predicted octanol–water partition coefficient (Wildman–Crippen LogP) is 5.51. The minimum Gasteiger partial charge on any atom is -0.483 e. The Balaban J connectivity index is 0.00000153. The molecule has 1 rings (SSSR count). The summed E-state index contributed by atoms with van der Waals surface area (Å²) in [7, 11) is 1.58. The van der Waals surface area contributed by atoms with E-state index in [1.165, 1.54) is 31.2 Å². The molecule has 0 bridgehead atoms. The number of amides is 1. The van der Waals surface area contributed by atoms with Gasteiger partial charge in [-0.25, -0.2) is 0 Å². The van der Waals surface area contributed by atoms with Crippen LogP contribution in [-0.2, 0) is 9.59 Å². The van der Waals surface area contributed by atoms with Gasteiger partial charge in [0.15, 0.2) is 12.4 Å². The quantitative estimate of drug-likeness (QED) is 0.518. The first-order valence-corrected chi connectivity index (χ1v) is 10.4. The molecule has 3 unspecified atom stereocenters. The second-order valence-corrected chi connectivity index (χ2v) is 7.13. The van der Waals surface area contributed by atoms with Crippen molar-refractivity contribution in [2.75, 3.05) is 7.05 Å². The van der Waals surface area contributed by atoms with Gasteiger partial charge in [-0.2, -0.15) is 0 Å². The van der Waals surface area contributed by atoms with Gasteiger partial charge in [0.05, 0.1) is 0 Å². The lowest BCUT2D eigenvalue weighted by atomic mass is 9.86. The molecular weight excluding hydrogens is 338 g/mol. The third-order valence-corrected chi connectivity index (χ3v) is 4.88. The van der Waals surface area contributed by atoms with Crippen molar-refractivity contribution in [2.45, 2.75) is 85.2 Å². The predicted molar refractivity (Wildman–Crippen MR) is 113 cm³/mol. The molecule has 1 amide bonds. The van der Waals surface area contributed by atoms with Gasteiger partial charge in [0.25, 0.3) is 0 Å². The average molecular weight is 378 g/mol. The van der Waals surface area contributed by atoms with E-state index in [0.29, 0.717) is 24.0 Å². The van der Waals surface area contributed by atoms with Gasteiger partial charge in [0, 0.05) is 13.5 Å². The number of carbonyl (C=O) groups excluding carboxylic acids is 2.